The SMILES string of the molecule is COc1ccc(-c2nnc(SCC(=O)N3CCCC3)n2-c2ccccc2C(C)C)cc1. The van der Waals surface area contributed by atoms with Gasteiger partial charge in [-0.2, -0.15) is 0 Å². The molecule has 1 aliphatic rings. The first-order valence-corrected chi connectivity index (χ1v) is 11.7. The molecule has 0 spiro atoms. The molecule has 0 bridgehead atoms. The summed E-state index contributed by atoms with van der Waals surface area (Å²) in [6.45, 7) is 6.08. The van der Waals surface area contributed by atoms with Crippen molar-refractivity contribution in [1.29, 1.82) is 0 Å². The highest BCUT2D eigenvalue weighted by atomic mass is 32.2. The monoisotopic (exact) mass is 436 g/mol. The first-order chi connectivity index (χ1) is 15.1. The predicted molar refractivity (Wildman–Crippen MR) is 124 cm³/mol. The lowest BCUT2D eigenvalue weighted by Gasteiger charge is -2.18. The van der Waals surface area contributed by atoms with E-state index >= 15 is 0 Å². The minimum absolute atomic E-state index is 0.167. The highest BCUT2D eigenvalue weighted by Gasteiger charge is 2.22. The van der Waals surface area contributed by atoms with E-state index in [-0.39, 0.29) is 5.91 Å². The van der Waals surface area contributed by atoms with Crippen LogP contribution in [-0.2, 0) is 4.79 Å². The number of aromatic nitrogens is 3. The smallest absolute Gasteiger partial charge is 0.233 e. The molecule has 1 aromatic heterocycles. The first kappa shape index (κ1) is 21.4. The van der Waals surface area contributed by atoms with Gasteiger partial charge in [0, 0.05) is 18.7 Å². The number of hydrogen-bond acceptors (Lipinski definition) is 5. The van der Waals surface area contributed by atoms with Crippen molar-refractivity contribution in [3.63, 3.8) is 0 Å². The number of benzene rings is 2. The summed E-state index contributed by atoms with van der Waals surface area (Å²) in [5.74, 6) is 2.42. The van der Waals surface area contributed by atoms with Gasteiger partial charge in [0.15, 0.2) is 11.0 Å². The quantitative estimate of drug-likeness (QED) is 0.499. The number of ether oxygens (including phenoxy) is 1. The van der Waals surface area contributed by atoms with Gasteiger partial charge in [-0.1, -0.05) is 43.8 Å². The van der Waals surface area contributed by atoms with Crippen molar-refractivity contribution < 1.29 is 9.53 Å². The third-order valence-electron chi connectivity index (χ3n) is 5.56. The number of rotatable bonds is 7. The van der Waals surface area contributed by atoms with Gasteiger partial charge in [-0.25, -0.2) is 0 Å². The maximum absolute atomic E-state index is 12.6. The van der Waals surface area contributed by atoms with E-state index in [9.17, 15) is 4.79 Å². The molecule has 1 aliphatic heterocycles. The van der Waals surface area contributed by atoms with Crippen molar-refractivity contribution in [1.82, 2.24) is 19.7 Å². The maximum atomic E-state index is 12.6. The second kappa shape index (κ2) is 9.56. The highest BCUT2D eigenvalue weighted by Crippen LogP contribution is 2.32. The van der Waals surface area contributed by atoms with E-state index in [4.69, 9.17) is 4.74 Å². The Kier molecular flexibility index (Phi) is 6.61. The molecule has 1 amide bonds. The first-order valence-electron chi connectivity index (χ1n) is 10.7. The van der Waals surface area contributed by atoms with Gasteiger partial charge in [-0.15, -0.1) is 10.2 Å². The Hall–Kier alpha value is -2.80. The van der Waals surface area contributed by atoms with Gasteiger partial charge in [0.05, 0.1) is 18.6 Å². The highest BCUT2D eigenvalue weighted by molar-refractivity contribution is 7.99. The normalized spacial score (nSPS) is 13.7. The third kappa shape index (κ3) is 4.61. The Bertz CT molecular complexity index is 1040. The van der Waals surface area contributed by atoms with Crippen molar-refractivity contribution >= 4 is 17.7 Å². The number of thioether (sulfide) groups is 1. The fraction of sp³-hybridized carbons (Fsp3) is 0.375. The Morgan fingerprint density at radius 2 is 1.77 bits per heavy atom. The number of nitrogens with zero attached hydrogens (tertiary/aromatic N) is 4. The molecule has 1 fully saturated rings. The van der Waals surface area contributed by atoms with Crippen LogP contribution in [0.1, 0.15) is 38.2 Å². The molecule has 2 heterocycles. The van der Waals surface area contributed by atoms with E-state index in [1.54, 1.807) is 7.11 Å². The topological polar surface area (TPSA) is 60.3 Å². The average Bonchev–Trinajstić information content (AvgIpc) is 3.48. The van der Waals surface area contributed by atoms with Crippen LogP contribution in [0.15, 0.2) is 53.7 Å². The largest absolute Gasteiger partial charge is 0.497 e. The van der Waals surface area contributed by atoms with Crippen LogP contribution in [0, 0.1) is 0 Å². The molecule has 1 saturated heterocycles. The Morgan fingerprint density at radius 1 is 1.06 bits per heavy atom. The van der Waals surface area contributed by atoms with E-state index in [2.05, 4.69) is 46.8 Å². The number of hydrogen-bond donors (Lipinski definition) is 0. The van der Waals surface area contributed by atoms with E-state index in [1.807, 2.05) is 35.2 Å². The van der Waals surface area contributed by atoms with Crippen LogP contribution >= 0.6 is 11.8 Å². The van der Waals surface area contributed by atoms with E-state index in [0.29, 0.717) is 11.7 Å². The maximum Gasteiger partial charge on any atom is 0.233 e. The third-order valence-corrected chi connectivity index (χ3v) is 6.48. The predicted octanol–water partition coefficient (Wildman–Crippen LogP) is 4.78. The van der Waals surface area contributed by atoms with Crippen LogP contribution in [0.25, 0.3) is 17.1 Å². The van der Waals surface area contributed by atoms with Gasteiger partial charge >= 0.3 is 0 Å². The lowest BCUT2D eigenvalue weighted by atomic mass is 10.0. The lowest BCUT2D eigenvalue weighted by Crippen LogP contribution is -2.29. The molecule has 162 valence electrons. The van der Waals surface area contributed by atoms with Gasteiger partial charge < -0.3 is 9.64 Å². The van der Waals surface area contributed by atoms with Crippen LogP contribution in [0.3, 0.4) is 0 Å². The molecule has 4 rings (SSSR count). The molecule has 0 aliphatic carbocycles. The molecule has 0 saturated carbocycles. The fourth-order valence-electron chi connectivity index (χ4n) is 3.87. The molecule has 3 aromatic rings. The Labute approximate surface area is 187 Å². The molecule has 0 unspecified atom stereocenters. The van der Waals surface area contributed by atoms with E-state index in [1.165, 1.54) is 17.3 Å². The van der Waals surface area contributed by atoms with Crippen molar-refractivity contribution in [3.05, 3.63) is 54.1 Å². The van der Waals surface area contributed by atoms with Gasteiger partial charge in [-0.3, -0.25) is 9.36 Å². The van der Waals surface area contributed by atoms with Gasteiger partial charge in [0.25, 0.3) is 0 Å². The summed E-state index contributed by atoms with van der Waals surface area (Å²) < 4.78 is 7.38. The van der Waals surface area contributed by atoms with Gasteiger partial charge in [0.2, 0.25) is 5.91 Å². The minimum Gasteiger partial charge on any atom is -0.497 e. The Morgan fingerprint density at radius 3 is 2.45 bits per heavy atom. The second-order valence-corrected chi connectivity index (χ2v) is 8.90. The number of para-hydroxylation sites is 1. The van der Waals surface area contributed by atoms with Gasteiger partial charge in [-0.05, 0) is 54.7 Å². The van der Waals surface area contributed by atoms with Crippen LogP contribution in [0.2, 0.25) is 0 Å². The number of carbonyl (C=O) groups is 1. The van der Waals surface area contributed by atoms with Crippen molar-refractivity contribution in [2.75, 3.05) is 26.0 Å². The molecule has 0 N–H and O–H groups in total. The zero-order chi connectivity index (χ0) is 21.8. The van der Waals surface area contributed by atoms with Crippen LogP contribution < -0.4 is 4.74 Å². The van der Waals surface area contributed by atoms with Crippen molar-refractivity contribution in [2.24, 2.45) is 0 Å². The lowest BCUT2D eigenvalue weighted by molar-refractivity contribution is -0.127. The number of methoxy groups -OCH3 is 1. The van der Waals surface area contributed by atoms with Crippen molar-refractivity contribution in [3.8, 4) is 22.8 Å². The van der Waals surface area contributed by atoms with Gasteiger partial charge in [0.1, 0.15) is 5.75 Å². The molecular weight excluding hydrogens is 408 g/mol. The summed E-state index contributed by atoms with van der Waals surface area (Å²) in [7, 11) is 1.66. The summed E-state index contributed by atoms with van der Waals surface area (Å²) >= 11 is 1.45. The molecule has 7 heteroatoms. The summed E-state index contributed by atoms with van der Waals surface area (Å²) in [5, 5.41) is 9.73. The average molecular weight is 437 g/mol. The zero-order valence-electron chi connectivity index (χ0n) is 18.2. The van der Waals surface area contributed by atoms with E-state index in [0.717, 1.165) is 53.9 Å². The molecule has 31 heavy (non-hydrogen) atoms. The molecule has 2 aromatic carbocycles. The molecule has 6 nitrogen and oxygen atoms in total. The summed E-state index contributed by atoms with van der Waals surface area (Å²) in [6, 6.07) is 16.1. The number of carbonyl (C=O) groups excluding carboxylic acids is 1. The summed E-state index contributed by atoms with van der Waals surface area (Å²) in [6.07, 6.45) is 2.19. The van der Waals surface area contributed by atoms with Crippen molar-refractivity contribution in [2.45, 2.75) is 37.8 Å². The van der Waals surface area contributed by atoms with E-state index < -0.39 is 0 Å². The number of amides is 1. The standard InChI is InChI=1S/C24H28N4O2S/c1-17(2)20-8-4-5-9-21(20)28-23(18-10-12-19(30-3)13-11-18)25-26-24(28)31-16-22(29)27-14-6-7-15-27/h4-5,8-13,17H,6-7,14-16H2,1-3H3. The Balaban J connectivity index is 1.73. The summed E-state index contributed by atoms with van der Waals surface area (Å²) in [5.41, 5.74) is 3.21. The molecular formula is C24H28N4O2S. The van der Waals surface area contributed by atoms with Crippen LogP contribution in [0.4, 0.5) is 0 Å². The zero-order valence-corrected chi connectivity index (χ0v) is 19.1. The van der Waals surface area contributed by atoms with Crippen LogP contribution in [0.5, 0.6) is 5.75 Å². The summed E-state index contributed by atoms with van der Waals surface area (Å²) in [4.78, 5) is 14.6. The minimum atomic E-state index is 0.167. The number of likely N-dealkylation sites (tertiary alicyclic amines) is 1. The fourth-order valence-corrected chi connectivity index (χ4v) is 4.72. The second-order valence-electron chi connectivity index (χ2n) is 7.96. The van der Waals surface area contributed by atoms with Crippen LogP contribution in [-0.4, -0.2) is 51.5 Å². The molecule has 0 radical (unpaired) electrons. The molecule has 0 atom stereocenters.